The van der Waals surface area contributed by atoms with Crippen LogP contribution in [-0.4, -0.2) is 5.78 Å². The first-order chi connectivity index (χ1) is 8.20. The molecule has 17 heavy (non-hydrogen) atoms. The van der Waals surface area contributed by atoms with Crippen LogP contribution < -0.4 is 0 Å². The van der Waals surface area contributed by atoms with Gasteiger partial charge < -0.3 is 0 Å². The lowest BCUT2D eigenvalue weighted by atomic mass is 9.94. The summed E-state index contributed by atoms with van der Waals surface area (Å²) in [5.41, 5.74) is 1.23. The zero-order valence-corrected chi connectivity index (χ0v) is 11.0. The number of hydrogen-bond acceptors (Lipinski definition) is 1. The predicted octanol–water partition coefficient (Wildman–Crippen LogP) is 4.28. The highest BCUT2D eigenvalue weighted by molar-refractivity contribution is 6.30. The SMILES string of the molecule is CCCC1CCC(Cc2ccc(Cl)cc2)C1=O. The molecule has 1 saturated carbocycles. The van der Waals surface area contributed by atoms with Crippen LogP contribution in [0.25, 0.3) is 0 Å². The van der Waals surface area contributed by atoms with Gasteiger partial charge in [-0.1, -0.05) is 37.1 Å². The molecule has 2 rings (SSSR count). The smallest absolute Gasteiger partial charge is 0.139 e. The molecule has 0 aromatic heterocycles. The van der Waals surface area contributed by atoms with Crippen LogP contribution in [0.5, 0.6) is 0 Å². The molecule has 1 aliphatic carbocycles. The van der Waals surface area contributed by atoms with Crippen LogP contribution in [0.4, 0.5) is 0 Å². The van der Waals surface area contributed by atoms with Crippen molar-refractivity contribution in [3.05, 3.63) is 34.9 Å². The Bertz CT molecular complexity index is 382. The molecule has 1 nitrogen and oxygen atoms in total. The highest BCUT2D eigenvalue weighted by Crippen LogP contribution is 2.32. The molecule has 0 bridgehead atoms. The largest absolute Gasteiger partial charge is 0.299 e. The van der Waals surface area contributed by atoms with Crippen LogP contribution >= 0.6 is 11.6 Å². The summed E-state index contributed by atoms with van der Waals surface area (Å²) >= 11 is 5.85. The summed E-state index contributed by atoms with van der Waals surface area (Å²) < 4.78 is 0. The van der Waals surface area contributed by atoms with Gasteiger partial charge in [-0.2, -0.15) is 0 Å². The first kappa shape index (κ1) is 12.6. The summed E-state index contributed by atoms with van der Waals surface area (Å²) in [6.07, 6.45) is 5.22. The minimum absolute atomic E-state index is 0.243. The quantitative estimate of drug-likeness (QED) is 0.780. The second-order valence-corrected chi connectivity index (χ2v) is 5.43. The van der Waals surface area contributed by atoms with Crippen molar-refractivity contribution in [2.75, 3.05) is 0 Å². The molecule has 2 heteroatoms. The second-order valence-electron chi connectivity index (χ2n) is 4.99. The van der Waals surface area contributed by atoms with Crippen molar-refractivity contribution in [3.63, 3.8) is 0 Å². The molecule has 1 aromatic carbocycles. The Morgan fingerprint density at radius 3 is 2.47 bits per heavy atom. The molecule has 0 amide bonds. The number of ketones is 1. The molecule has 2 unspecified atom stereocenters. The Labute approximate surface area is 108 Å². The Balaban J connectivity index is 1.96. The Morgan fingerprint density at radius 2 is 1.82 bits per heavy atom. The van der Waals surface area contributed by atoms with Crippen molar-refractivity contribution < 1.29 is 4.79 Å². The average molecular weight is 251 g/mol. The van der Waals surface area contributed by atoms with Gasteiger partial charge >= 0.3 is 0 Å². The van der Waals surface area contributed by atoms with E-state index in [0.29, 0.717) is 11.7 Å². The van der Waals surface area contributed by atoms with Crippen molar-refractivity contribution in [2.45, 2.75) is 39.0 Å². The third-order valence-electron chi connectivity index (χ3n) is 3.70. The number of rotatable bonds is 4. The summed E-state index contributed by atoms with van der Waals surface area (Å²) in [6, 6.07) is 7.87. The maximum atomic E-state index is 12.1. The molecule has 1 aliphatic rings. The van der Waals surface area contributed by atoms with E-state index in [2.05, 4.69) is 6.92 Å². The van der Waals surface area contributed by atoms with E-state index in [1.165, 1.54) is 5.56 Å². The van der Waals surface area contributed by atoms with E-state index in [9.17, 15) is 4.79 Å². The molecule has 2 atom stereocenters. The number of benzene rings is 1. The Hall–Kier alpha value is -0.820. The van der Waals surface area contributed by atoms with Gasteiger partial charge in [0.15, 0.2) is 0 Å². The molecule has 0 saturated heterocycles. The molecular weight excluding hydrogens is 232 g/mol. The van der Waals surface area contributed by atoms with Gasteiger partial charge in [-0.05, 0) is 43.4 Å². The standard InChI is InChI=1S/C15H19ClO/c1-2-3-12-6-7-13(15(12)17)10-11-4-8-14(16)9-5-11/h4-5,8-9,12-13H,2-3,6-7,10H2,1H3. The number of carbonyl (C=O) groups is 1. The normalized spacial score (nSPS) is 24.2. The van der Waals surface area contributed by atoms with Crippen LogP contribution in [0, 0.1) is 11.8 Å². The minimum atomic E-state index is 0.243. The molecular formula is C15H19ClO. The molecule has 0 aliphatic heterocycles. The monoisotopic (exact) mass is 250 g/mol. The van der Waals surface area contributed by atoms with Gasteiger partial charge in [-0.25, -0.2) is 0 Å². The van der Waals surface area contributed by atoms with E-state index < -0.39 is 0 Å². The minimum Gasteiger partial charge on any atom is -0.299 e. The van der Waals surface area contributed by atoms with E-state index in [-0.39, 0.29) is 5.92 Å². The van der Waals surface area contributed by atoms with Crippen LogP contribution in [0.3, 0.4) is 0 Å². The number of Topliss-reactive ketones (excluding diaryl/α,β-unsaturated/α-hetero) is 1. The third kappa shape index (κ3) is 3.10. The van der Waals surface area contributed by atoms with Crippen LogP contribution in [0.2, 0.25) is 5.02 Å². The summed E-state index contributed by atoms with van der Waals surface area (Å²) in [7, 11) is 0. The summed E-state index contributed by atoms with van der Waals surface area (Å²) in [6.45, 7) is 2.15. The molecule has 1 aromatic rings. The molecule has 1 fully saturated rings. The predicted molar refractivity (Wildman–Crippen MR) is 71.3 cm³/mol. The van der Waals surface area contributed by atoms with Gasteiger partial charge in [0.25, 0.3) is 0 Å². The van der Waals surface area contributed by atoms with Gasteiger partial charge in [0.05, 0.1) is 0 Å². The molecule has 92 valence electrons. The third-order valence-corrected chi connectivity index (χ3v) is 3.95. The second kappa shape index (κ2) is 5.68. The molecule has 0 spiro atoms. The van der Waals surface area contributed by atoms with Gasteiger partial charge in [-0.3, -0.25) is 4.79 Å². The highest BCUT2D eigenvalue weighted by atomic mass is 35.5. The topological polar surface area (TPSA) is 17.1 Å². The average Bonchev–Trinajstić information content (AvgIpc) is 2.65. The van der Waals surface area contributed by atoms with Gasteiger partial charge in [0, 0.05) is 16.9 Å². The van der Waals surface area contributed by atoms with Crippen LogP contribution in [-0.2, 0) is 11.2 Å². The van der Waals surface area contributed by atoms with Crippen molar-refractivity contribution in [1.29, 1.82) is 0 Å². The first-order valence-electron chi connectivity index (χ1n) is 6.49. The van der Waals surface area contributed by atoms with E-state index in [4.69, 9.17) is 11.6 Å². The highest BCUT2D eigenvalue weighted by Gasteiger charge is 2.32. The van der Waals surface area contributed by atoms with Crippen molar-refractivity contribution in [3.8, 4) is 0 Å². The van der Waals surface area contributed by atoms with E-state index in [1.54, 1.807) is 0 Å². The molecule has 0 heterocycles. The maximum absolute atomic E-state index is 12.1. The lowest BCUT2D eigenvalue weighted by molar-refractivity contribution is -0.124. The van der Waals surface area contributed by atoms with Crippen LogP contribution in [0.15, 0.2) is 24.3 Å². The Kier molecular flexibility index (Phi) is 4.22. The zero-order chi connectivity index (χ0) is 12.3. The number of hydrogen-bond donors (Lipinski definition) is 0. The summed E-state index contributed by atoms with van der Waals surface area (Å²) in [5, 5.41) is 0.760. The number of carbonyl (C=O) groups excluding carboxylic acids is 1. The van der Waals surface area contributed by atoms with E-state index in [0.717, 1.165) is 37.1 Å². The fraction of sp³-hybridized carbons (Fsp3) is 0.533. The van der Waals surface area contributed by atoms with Gasteiger partial charge in [0.2, 0.25) is 0 Å². The summed E-state index contributed by atoms with van der Waals surface area (Å²) in [5.74, 6) is 1.06. The molecule has 0 radical (unpaired) electrons. The molecule has 0 N–H and O–H groups in total. The van der Waals surface area contributed by atoms with Gasteiger partial charge in [0.1, 0.15) is 5.78 Å². The first-order valence-corrected chi connectivity index (χ1v) is 6.86. The lowest BCUT2D eigenvalue weighted by Crippen LogP contribution is -2.16. The lowest BCUT2D eigenvalue weighted by Gasteiger charge is -2.10. The summed E-state index contributed by atoms with van der Waals surface area (Å²) in [4.78, 5) is 12.1. The maximum Gasteiger partial charge on any atom is 0.139 e. The van der Waals surface area contributed by atoms with Crippen molar-refractivity contribution in [1.82, 2.24) is 0 Å². The van der Waals surface area contributed by atoms with Crippen LogP contribution in [0.1, 0.15) is 38.2 Å². The Morgan fingerprint density at radius 1 is 1.18 bits per heavy atom. The van der Waals surface area contributed by atoms with Crippen molar-refractivity contribution in [2.24, 2.45) is 11.8 Å². The number of halogens is 1. The fourth-order valence-electron chi connectivity index (χ4n) is 2.76. The fourth-order valence-corrected chi connectivity index (χ4v) is 2.89. The zero-order valence-electron chi connectivity index (χ0n) is 10.3. The van der Waals surface area contributed by atoms with E-state index >= 15 is 0 Å². The van der Waals surface area contributed by atoms with Crippen molar-refractivity contribution >= 4 is 17.4 Å². The van der Waals surface area contributed by atoms with E-state index in [1.807, 2.05) is 24.3 Å². The van der Waals surface area contributed by atoms with Gasteiger partial charge in [-0.15, -0.1) is 0 Å².